The van der Waals surface area contributed by atoms with Crippen molar-refractivity contribution in [3.05, 3.63) is 82.9 Å². The van der Waals surface area contributed by atoms with E-state index in [9.17, 15) is 10.1 Å². The summed E-state index contributed by atoms with van der Waals surface area (Å²) in [7, 11) is 0. The minimum absolute atomic E-state index is 0.102. The highest BCUT2D eigenvalue weighted by Gasteiger charge is 2.18. The van der Waals surface area contributed by atoms with Crippen LogP contribution in [0.25, 0.3) is 0 Å². The number of nitro benzene ring substituents is 1. The van der Waals surface area contributed by atoms with Crippen LogP contribution in [0.15, 0.2) is 72.8 Å². The van der Waals surface area contributed by atoms with Gasteiger partial charge in [-0.1, -0.05) is 0 Å². The second-order valence-electron chi connectivity index (χ2n) is 7.92. The first-order chi connectivity index (χ1) is 15.5. The van der Waals surface area contributed by atoms with E-state index in [-0.39, 0.29) is 10.6 Å². The lowest BCUT2D eigenvalue weighted by Crippen LogP contribution is -2.36. The van der Waals surface area contributed by atoms with Crippen molar-refractivity contribution in [1.82, 2.24) is 0 Å². The van der Waals surface area contributed by atoms with Crippen LogP contribution in [0.2, 0.25) is 0 Å². The molecule has 3 aromatic carbocycles. The van der Waals surface area contributed by atoms with Gasteiger partial charge in [0.2, 0.25) is 0 Å². The van der Waals surface area contributed by atoms with Gasteiger partial charge in [0.15, 0.2) is 0 Å². The fourth-order valence-corrected chi connectivity index (χ4v) is 3.99. The lowest BCUT2D eigenvalue weighted by Gasteiger charge is -2.28. The molecule has 0 saturated carbocycles. The van der Waals surface area contributed by atoms with Gasteiger partial charge in [0, 0.05) is 79.8 Å². The minimum Gasteiger partial charge on any atom is -0.399 e. The highest BCUT2D eigenvalue weighted by atomic mass is 16.6. The largest absolute Gasteiger partial charge is 0.399 e. The number of anilines is 5. The van der Waals surface area contributed by atoms with E-state index in [1.807, 2.05) is 36.4 Å². The smallest absolute Gasteiger partial charge is 0.269 e. The fourth-order valence-electron chi connectivity index (χ4n) is 3.99. The summed E-state index contributed by atoms with van der Waals surface area (Å²) in [5.74, 6) is 0. The van der Waals surface area contributed by atoms with Crippen molar-refractivity contribution in [3.63, 3.8) is 0 Å². The highest BCUT2D eigenvalue weighted by molar-refractivity contribution is 5.57. The molecular weight excluding hydrogens is 404 g/mol. The van der Waals surface area contributed by atoms with E-state index in [1.165, 1.54) is 0 Å². The molecule has 0 atom stereocenters. The Kier molecular flexibility index (Phi) is 6.30. The molecule has 166 valence electrons. The summed E-state index contributed by atoms with van der Waals surface area (Å²) in [4.78, 5) is 17.7. The monoisotopic (exact) mass is 432 g/mol. The molecule has 1 heterocycles. The number of rotatable bonds is 4. The summed E-state index contributed by atoms with van der Waals surface area (Å²) < 4.78 is 0. The zero-order valence-electron chi connectivity index (χ0n) is 17.9. The van der Waals surface area contributed by atoms with Crippen LogP contribution >= 0.6 is 0 Å². The summed E-state index contributed by atoms with van der Waals surface area (Å²) in [5, 5.41) is 11.0. The van der Waals surface area contributed by atoms with Gasteiger partial charge >= 0.3 is 0 Å². The molecule has 0 aliphatic carbocycles. The normalized spacial score (nSPS) is 15.1. The Balaban J connectivity index is 1.60. The molecule has 8 heteroatoms. The van der Waals surface area contributed by atoms with Gasteiger partial charge in [-0.05, 0) is 60.7 Å². The van der Waals surface area contributed by atoms with E-state index >= 15 is 0 Å². The topological polar surface area (TPSA) is 105 Å². The average Bonchev–Trinajstić information content (AvgIpc) is 2.91. The van der Waals surface area contributed by atoms with Crippen molar-refractivity contribution >= 4 is 34.1 Å². The van der Waals surface area contributed by atoms with Crippen LogP contribution in [0.3, 0.4) is 0 Å². The predicted molar refractivity (Wildman–Crippen MR) is 131 cm³/mol. The van der Waals surface area contributed by atoms with E-state index < -0.39 is 0 Å². The molecule has 4 N–H and O–H groups in total. The number of nitro groups is 1. The van der Waals surface area contributed by atoms with Gasteiger partial charge in [0.05, 0.1) is 4.92 Å². The van der Waals surface area contributed by atoms with Crippen LogP contribution in [0, 0.1) is 10.1 Å². The SMILES string of the molecule is Nc1ccc(N2CCN(c3ccc(N)cc3)CCN(c3ccc([N+](=O)[O-])cc3)CC2)cc1. The van der Waals surface area contributed by atoms with Gasteiger partial charge in [-0.2, -0.15) is 0 Å². The molecule has 0 bridgehead atoms. The number of hydrogen-bond donors (Lipinski definition) is 2. The Labute approximate surface area is 187 Å². The Morgan fingerprint density at radius 1 is 0.562 bits per heavy atom. The molecule has 0 aromatic heterocycles. The van der Waals surface area contributed by atoms with Gasteiger partial charge in [0.25, 0.3) is 5.69 Å². The molecule has 1 fully saturated rings. The van der Waals surface area contributed by atoms with Gasteiger partial charge in [0.1, 0.15) is 0 Å². The van der Waals surface area contributed by atoms with Gasteiger partial charge in [-0.15, -0.1) is 0 Å². The minimum atomic E-state index is -0.367. The van der Waals surface area contributed by atoms with Crippen molar-refractivity contribution in [2.75, 3.05) is 65.4 Å². The molecule has 3 aromatic rings. The lowest BCUT2D eigenvalue weighted by atomic mass is 10.2. The van der Waals surface area contributed by atoms with Crippen molar-refractivity contribution < 1.29 is 4.92 Å². The van der Waals surface area contributed by atoms with Crippen LogP contribution in [-0.4, -0.2) is 44.2 Å². The van der Waals surface area contributed by atoms with E-state index in [0.29, 0.717) is 0 Å². The maximum atomic E-state index is 11.0. The first-order valence-corrected chi connectivity index (χ1v) is 10.7. The Bertz CT molecular complexity index is 980. The second-order valence-corrected chi connectivity index (χ2v) is 7.92. The maximum Gasteiger partial charge on any atom is 0.269 e. The molecule has 32 heavy (non-hydrogen) atoms. The third kappa shape index (κ3) is 5.03. The molecule has 4 rings (SSSR count). The third-order valence-electron chi connectivity index (χ3n) is 5.86. The third-order valence-corrected chi connectivity index (χ3v) is 5.86. The summed E-state index contributed by atoms with van der Waals surface area (Å²) in [5.41, 5.74) is 16.6. The van der Waals surface area contributed by atoms with Crippen LogP contribution in [0.1, 0.15) is 0 Å². The maximum absolute atomic E-state index is 11.0. The predicted octanol–water partition coefficient (Wildman–Crippen LogP) is 3.59. The summed E-state index contributed by atoms with van der Waals surface area (Å²) in [6.45, 7) is 4.99. The van der Waals surface area contributed by atoms with Gasteiger partial charge in [-0.3, -0.25) is 10.1 Å². The van der Waals surface area contributed by atoms with E-state index in [1.54, 1.807) is 12.1 Å². The molecule has 0 radical (unpaired) electrons. The molecule has 1 saturated heterocycles. The summed E-state index contributed by atoms with van der Waals surface area (Å²) >= 11 is 0. The lowest BCUT2D eigenvalue weighted by molar-refractivity contribution is -0.384. The van der Waals surface area contributed by atoms with E-state index in [2.05, 4.69) is 39.0 Å². The molecule has 0 spiro atoms. The fraction of sp³-hybridized carbons (Fsp3) is 0.250. The molecule has 1 aliphatic rings. The zero-order valence-corrected chi connectivity index (χ0v) is 17.9. The molecule has 0 amide bonds. The van der Waals surface area contributed by atoms with Crippen molar-refractivity contribution in [2.45, 2.75) is 0 Å². The van der Waals surface area contributed by atoms with Crippen molar-refractivity contribution in [1.29, 1.82) is 0 Å². The van der Waals surface area contributed by atoms with Crippen LogP contribution in [0.4, 0.5) is 34.1 Å². The van der Waals surface area contributed by atoms with E-state index in [4.69, 9.17) is 11.5 Å². The molecule has 0 unspecified atom stereocenters. The highest BCUT2D eigenvalue weighted by Crippen LogP contribution is 2.23. The Hall–Kier alpha value is -3.94. The number of benzene rings is 3. The van der Waals surface area contributed by atoms with Crippen molar-refractivity contribution in [2.24, 2.45) is 0 Å². The summed E-state index contributed by atoms with van der Waals surface area (Å²) in [6, 6.07) is 22.7. The molecule has 1 aliphatic heterocycles. The number of nitrogens with zero attached hydrogens (tertiary/aromatic N) is 4. The molecule has 8 nitrogen and oxygen atoms in total. The number of non-ortho nitro benzene ring substituents is 1. The van der Waals surface area contributed by atoms with Crippen LogP contribution < -0.4 is 26.2 Å². The number of nitrogen functional groups attached to an aromatic ring is 2. The Morgan fingerprint density at radius 3 is 1.12 bits per heavy atom. The first-order valence-electron chi connectivity index (χ1n) is 10.7. The summed E-state index contributed by atoms with van der Waals surface area (Å²) in [6.07, 6.45) is 0. The van der Waals surface area contributed by atoms with Gasteiger partial charge in [-0.25, -0.2) is 0 Å². The number of hydrogen-bond acceptors (Lipinski definition) is 7. The number of nitrogens with two attached hydrogens (primary N) is 2. The van der Waals surface area contributed by atoms with Crippen LogP contribution in [-0.2, 0) is 0 Å². The Morgan fingerprint density at radius 2 is 0.844 bits per heavy atom. The zero-order chi connectivity index (χ0) is 22.5. The second kappa shape index (κ2) is 9.47. The van der Waals surface area contributed by atoms with E-state index in [0.717, 1.165) is 67.7 Å². The van der Waals surface area contributed by atoms with Crippen LogP contribution in [0.5, 0.6) is 0 Å². The quantitative estimate of drug-likeness (QED) is 0.369. The molecular formula is C24H28N6O2. The van der Waals surface area contributed by atoms with Crippen molar-refractivity contribution in [3.8, 4) is 0 Å². The van der Waals surface area contributed by atoms with Gasteiger partial charge < -0.3 is 26.2 Å². The first kappa shape index (κ1) is 21.3. The standard InChI is InChI=1S/C24H28N6O2/c25-19-1-5-21(6-2-19)27-13-14-28(22-7-3-20(26)4-8-22)16-18-29(17-15-27)23-9-11-24(12-10-23)30(31)32/h1-12H,13-18,25-26H2. The average molecular weight is 433 g/mol.